The van der Waals surface area contributed by atoms with E-state index in [1.165, 1.54) is 0 Å². The largest absolute Gasteiger partial charge is 0.480 e. The lowest BCUT2D eigenvalue weighted by Gasteiger charge is -2.14. The fraction of sp³-hybridized carbons (Fsp3) is 0.727. The molecule has 0 fully saturated rings. The average molecular weight is 315 g/mol. The third-order valence-electron chi connectivity index (χ3n) is 2.24. The number of ether oxygens (including phenoxy) is 2. The number of carbonyl (C=O) groups excluding carboxylic acids is 2. The molecule has 1 atom stereocenters. The van der Waals surface area contributed by atoms with Gasteiger partial charge < -0.3 is 19.9 Å². The van der Waals surface area contributed by atoms with Gasteiger partial charge in [-0.3, -0.25) is 9.59 Å². The number of aliphatic carboxylic acids is 1. The minimum absolute atomic E-state index is 0.183. The number of halogens is 3. The number of alkyl halides is 3. The van der Waals surface area contributed by atoms with Crippen LogP contribution in [0.25, 0.3) is 0 Å². The highest BCUT2D eigenvalue weighted by atomic mass is 19.4. The van der Waals surface area contributed by atoms with E-state index < -0.39 is 49.7 Å². The fourth-order valence-corrected chi connectivity index (χ4v) is 1.24. The van der Waals surface area contributed by atoms with Crippen LogP contribution in [0.1, 0.15) is 19.3 Å². The van der Waals surface area contributed by atoms with Gasteiger partial charge in [0.05, 0.1) is 13.7 Å². The first-order chi connectivity index (χ1) is 9.65. The van der Waals surface area contributed by atoms with Crippen molar-refractivity contribution in [1.82, 2.24) is 5.32 Å². The van der Waals surface area contributed by atoms with Gasteiger partial charge in [-0.2, -0.15) is 13.2 Å². The summed E-state index contributed by atoms with van der Waals surface area (Å²) >= 11 is 0. The van der Waals surface area contributed by atoms with E-state index in [1.54, 1.807) is 0 Å². The highest BCUT2D eigenvalue weighted by Gasteiger charge is 2.27. The molecule has 0 aliphatic carbocycles. The molecule has 0 radical (unpaired) electrons. The number of rotatable bonds is 9. The summed E-state index contributed by atoms with van der Waals surface area (Å²) in [5, 5.41) is 10.9. The van der Waals surface area contributed by atoms with Crippen LogP contribution in [0.3, 0.4) is 0 Å². The van der Waals surface area contributed by atoms with Gasteiger partial charge in [0.25, 0.3) is 0 Å². The molecule has 1 amide bonds. The SMILES string of the molecule is COC(=O)CCC(NC(=O)CCOCC(F)(F)F)C(=O)O. The molecule has 7 nitrogen and oxygen atoms in total. The van der Waals surface area contributed by atoms with E-state index in [1.807, 2.05) is 0 Å². The van der Waals surface area contributed by atoms with Crippen LogP contribution in [0.4, 0.5) is 13.2 Å². The van der Waals surface area contributed by atoms with Crippen LogP contribution in [-0.4, -0.2) is 55.5 Å². The monoisotopic (exact) mass is 315 g/mol. The van der Waals surface area contributed by atoms with E-state index in [0.717, 1.165) is 7.11 Å². The lowest BCUT2D eigenvalue weighted by molar-refractivity contribution is -0.174. The number of nitrogens with one attached hydrogen (secondary N) is 1. The van der Waals surface area contributed by atoms with Crippen molar-refractivity contribution in [3.63, 3.8) is 0 Å². The molecule has 0 spiro atoms. The van der Waals surface area contributed by atoms with Gasteiger partial charge in [0.1, 0.15) is 12.6 Å². The van der Waals surface area contributed by atoms with E-state index in [2.05, 4.69) is 14.8 Å². The second-order valence-corrected chi connectivity index (χ2v) is 3.99. The molecule has 10 heteroatoms. The Morgan fingerprint density at radius 2 is 1.86 bits per heavy atom. The van der Waals surface area contributed by atoms with Crippen molar-refractivity contribution < 1.29 is 42.1 Å². The minimum atomic E-state index is -4.49. The van der Waals surface area contributed by atoms with Gasteiger partial charge in [-0.15, -0.1) is 0 Å². The Labute approximate surface area is 118 Å². The maximum atomic E-state index is 11.8. The van der Waals surface area contributed by atoms with E-state index in [-0.39, 0.29) is 12.8 Å². The van der Waals surface area contributed by atoms with E-state index in [9.17, 15) is 27.6 Å². The summed E-state index contributed by atoms with van der Waals surface area (Å²) in [6.45, 7) is -1.97. The Bertz CT molecular complexity index is 371. The van der Waals surface area contributed by atoms with Gasteiger partial charge in [0.15, 0.2) is 0 Å². The molecule has 1 unspecified atom stereocenters. The summed E-state index contributed by atoms with van der Waals surface area (Å²) in [6, 6.07) is -1.32. The van der Waals surface area contributed by atoms with Crippen molar-refractivity contribution in [2.24, 2.45) is 0 Å². The second-order valence-electron chi connectivity index (χ2n) is 3.99. The Hall–Kier alpha value is -1.84. The molecule has 0 saturated heterocycles. The number of esters is 1. The molecular formula is C11H16F3NO6. The number of carbonyl (C=O) groups is 3. The predicted octanol–water partition coefficient (Wildman–Crippen LogP) is 0.478. The van der Waals surface area contributed by atoms with Gasteiger partial charge in [-0.1, -0.05) is 0 Å². The summed E-state index contributed by atoms with van der Waals surface area (Å²) in [5.41, 5.74) is 0. The van der Waals surface area contributed by atoms with Crippen LogP contribution >= 0.6 is 0 Å². The molecule has 122 valence electrons. The number of carboxylic acids is 1. The molecule has 0 aromatic rings. The first-order valence-corrected chi connectivity index (χ1v) is 5.89. The number of carboxylic acid groups (broad SMARTS) is 1. The molecule has 21 heavy (non-hydrogen) atoms. The summed E-state index contributed by atoms with van der Waals surface area (Å²) in [7, 11) is 1.13. The molecule has 0 bridgehead atoms. The molecular weight excluding hydrogens is 299 g/mol. The van der Waals surface area contributed by atoms with Crippen molar-refractivity contribution in [2.45, 2.75) is 31.5 Å². The topological polar surface area (TPSA) is 102 Å². The zero-order chi connectivity index (χ0) is 16.5. The Morgan fingerprint density at radius 1 is 1.24 bits per heavy atom. The lowest BCUT2D eigenvalue weighted by atomic mass is 10.1. The number of hydrogen-bond acceptors (Lipinski definition) is 5. The Kier molecular flexibility index (Phi) is 8.36. The third-order valence-corrected chi connectivity index (χ3v) is 2.24. The van der Waals surface area contributed by atoms with Gasteiger partial charge >= 0.3 is 18.1 Å². The zero-order valence-electron chi connectivity index (χ0n) is 11.2. The summed E-state index contributed by atoms with van der Waals surface area (Å²) in [6.07, 6.45) is -5.30. The average Bonchev–Trinajstić information content (AvgIpc) is 2.37. The standard InChI is InChI=1S/C11H16F3NO6/c1-20-9(17)3-2-7(10(18)19)15-8(16)4-5-21-6-11(12,13)14/h7H,2-6H2,1H3,(H,15,16)(H,18,19). The molecule has 0 aliphatic heterocycles. The normalized spacial score (nSPS) is 12.6. The molecule has 0 aliphatic rings. The van der Waals surface area contributed by atoms with E-state index in [4.69, 9.17) is 5.11 Å². The van der Waals surface area contributed by atoms with Gasteiger partial charge in [0, 0.05) is 12.8 Å². The predicted molar refractivity (Wildman–Crippen MR) is 62.3 cm³/mol. The van der Waals surface area contributed by atoms with Gasteiger partial charge in [-0.25, -0.2) is 4.79 Å². The van der Waals surface area contributed by atoms with Crippen LogP contribution in [-0.2, 0) is 23.9 Å². The van der Waals surface area contributed by atoms with E-state index in [0.29, 0.717) is 0 Å². The van der Waals surface area contributed by atoms with Crippen LogP contribution in [0.15, 0.2) is 0 Å². The first-order valence-electron chi connectivity index (χ1n) is 5.89. The Morgan fingerprint density at radius 3 is 2.33 bits per heavy atom. The minimum Gasteiger partial charge on any atom is -0.480 e. The summed E-state index contributed by atoms with van der Waals surface area (Å²) in [5.74, 6) is -2.78. The first kappa shape index (κ1) is 19.2. The quantitative estimate of drug-likeness (QED) is 0.474. The maximum Gasteiger partial charge on any atom is 0.411 e. The summed E-state index contributed by atoms with van der Waals surface area (Å²) < 4.78 is 43.8. The second kappa shape index (κ2) is 9.16. The number of hydrogen-bond donors (Lipinski definition) is 2. The van der Waals surface area contributed by atoms with Crippen molar-refractivity contribution in [2.75, 3.05) is 20.3 Å². The molecule has 0 rings (SSSR count). The number of amides is 1. The molecule has 0 heterocycles. The van der Waals surface area contributed by atoms with Crippen LogP contribution < -0.4 is 5.32 Å². The smallest absolute Gasteiger partial charge is 0.411 e. The highest BCUT2D eigenvalue weighted by Crippen LogP contribution is 2.14. The van der Waals surface area contributed by atoms with Crippen LogP contribution in [0.2, 0.25) is 0 Å². The van der Waals surface area contributed by atoms with Crippen molar-refractivity contribution in [3.05, 3.63) is 0 Å². The highest BCUT2D eigenvalue weighted by molar-refractivity contribution is 5.84. The van der Waals surface area contributed by atoms with Crippen LogP contribution in [0.5, 0.6) is 0 Å². The molecule has 0 saturated carbocycles. The lowest BCUT2D eigenvalue weighted by Crippen LogP contribution is -2.41. The molecule has 0 aromatic carbocycles. The zero-order valence-corrected chi connectivity index (χ0v) is 11.2. The fourth-order valence-electron chi connectivity index (χ4n) is 1.24. The van der Waals surface area contributed by atoms with Gasteiger partial charge in [0.2, 0.25) is 5.91 Å². The van der Waals surface area contributed by atoms with Crippen molar-refractivity contribution in [1.29, 1.82) is 0 Å². The Balaban J connectivity index is 4.06. The molecule has 2 N–H and O–H groups in total. The van der Waals surface area contributed by atoms with Gasteiger partial charge in [-0.05, 0) is 6.42 Å². The number of methoxy groups -OCH3 is 1. The van der Waals surface area contributed by atoms with E-state index >= 15 is 0 Å². The van der Waals surface area contributed by atoms with Crippen molar-refractivity contribution >= 4 is 17.8 Å². The summed E-state index contributed by atoms with van der Waals surface area (Å²) in [4.78, 5) is 33.1. The third kappa shape index (κ3) is 10.6. The molecule has 0 aromatic heterocycles. The van der Waals surface area contributed by atoms with Crippen molar-refractivity contribution in [3.8, 4) is 0 Å². The van der Waals surface area contributed by atoms with Crippen LogP contribution in [0, 0.1) is 0 Å². The maximum absolute atomic E-state index is 11.8.